The number of hydrogen-bond acceptors (Lipinski definition) is 13. The molecule has 1 aliphatic carbocycles. The zero-order valence-corrected chi connectivity index (χ0v) is 26.6. The van der Waals surface area contributed by atoms with Gasteiger partial charge in [0.15, 0.2) is 17.8 Å². The van der Waals surface area contributed by atoms with Crippen LogP contribution in [0.15, 0.2) is 47.3 Å². The highest BCUT2D eigenvalue weighted by Gasteiger charge is 2.68. The van der Waals surface area contributed by atoms with Crippen LogP contribution in [0.2, 0.25) is 0 Å². The van der Waals surface area contributed by atoms with E-state index in [4.69, 9.17) is 33.7 Å². The topological polar surface area (TPSA) is 189 Å². The second-order valence-corrected chi connectivity index (χ2v) is 13.9. The van der Waals surface area contributed by atoms with Crippen LogP contribution in [0.4, 0.5) is 17.5 Å². The number of anilines is 3. The third kappa shape index (κ3) is 5.30. The molecule has 2 saturated heterocycles. The molecule has 4 heterocycles. The summed E-state index contributed by atoms with van der Waals surface area (Å²) in [4.78, 5) is 33.6. The first kappa shape index (κ1) is 30.9. The lowest BCUT2D eigenvalue weighted by Crippen LogP contribution is -2.53. The fourth-order valence-corrected chi connectivity index (χ4v) is 8.42. The van der Waals surface area contributed by atoms with Gasteiger partial charge in [0, 0.05) is 18.2 Å². The molecule has 1 saturated carbocycles. The third-order valence-corrected chi connectivity index (χ3v) is 10.6. The number of nitrogens with one attached hydrogen (secondary N) is 3. The summed E-state index contributed by atoms with van der Waals surface area (Å²) >= 11 is 0. The maximum absolute atomic E-state index is 14.4. The van der Waals surface area contributed by atoms with Gasteiger partial charge in [-0.05, 0) is 38.1 Å². The van der Waals surface area contributed by atoms with E-state index in [0.29, 0.717) is 29.8 Å². The molecule has 4 aliphatic rings. The Kier molecular flexibility index (Phi) is 7.73. The number of nitrogens with zero attached hydrogens (tertiary/aromatic N) is 2. The summed E-state index contributed by atoms with van der Waals surface area (Å²) in [6, 6.07) is 11.8. The van der Waals surface area contributed by atoms with Crippen LogP contribution in [0.3, 0.4) is 0 Å². The van der Waals surface area contributed by atoms with Gasteiger partial charge in [-0.3, -0.25) is 19.1 Å². The SMILES string of the molecule is COC(=O)[C@H](C)NP(=O)(OC[C@H]1O[C@@H](N2CNc3c2nc(N)[nH]c3=O)C2(C)OC3(CCCC3)OC12)Oc1cccc2ccccc12. The molecular weight excluding hydrogens is 619 g/mol. The van der Waals surface area contributed by atoms with Crippen LogP contribution < -0.4 is 31.1 Å². The minimum absolute atomic E-state index is 0.0368. The molecule has 0 bridgehead atoms. The van der Waals surface area contributed by atoms with E-state index in [9.17, 15) is 14.2 Å². The molecule has 1 aromatic heterocycles. The molecule has 0 radical (unpaired) electrons. The van der Waals surface area contributed by atoms with E-state index < -0.39 is 55.1 Å². The lowest BCUT2D eigenvalue weighted by molar-refractivity contribution is -0.220. The molecule has 3 aliphatic heterocycles. The van der Waals surface area contributed by atoms with E-state index in [1.165, 1.54) is 14.0 Å². The van der Waals surface area contributed by atoms with Crippen molar-refractivity contribution in [3.05, 3.63) is 52.8 Å². The number of rotatable bonds is 9. The van der Waals surface area contributed by atoms with Crippen LogP contribution in [-0.4, -0.2) is 72.2 Å². The molecule has 6 atom stereocenters. The molecule has 1 spiro atoms. The second-order valence-electron chi connectivity index (χ2n) is 12.2. The zero-order chi connectivity index (χ0) is 32.3. The number of aromatic amines is 1. The van der Waals surface area contributed by atoms with Crippen molar-refractivity contribution >= 4 is 41.9 Å². The summed E-state index contributed by atoms with van der Waals surface area (Å²) in [7, 11) is -3.01. The summed E-state index contributed by atoms with van der Waals surface area (Å²) < 4.78 is 51.4. The highest BCUT2D eigenvalue weighted by Crippen LogP contribution is 2.55. The number of hydrogen-bond donors (Lipinski definition) is 4. The molecule has 0 amide bonds. The molecule has 3 unspecified atom stereocenters. The average molecular weight is 657 g/mol. The smallest absolute Gasteiger partial charge is 0.459 e. The highest BCUT2D eigenvalue weighted by atomic mass is 31.2. The predicted molar refractivity (Wildman–Crippen MR) is 167 cm³/mol. The molecule has 246 valence electrons. The third-order valence-electron chi connectivity index (χ3n) is 8.99. The number of ether oxygens (including phenoxy) is 4. The number of carbonyl (C=O) groups excluding carboxylic acids is 1. The van der Waals surface area contributed by atoms with Gasteiger partial charge >= 0.3 is 13.7 Å². The summed E-state index contributed by atoms with van der Waals surface area (Å²) in [5.41, 5.74) is 4.72. The largest absolute Gasteiger partial charge is 0.468 e. The number of fused-ring (bicyclic) bond motifs is 3. The normalized spacial score (nSPS) is 28.1. The van der Waals surface area contributed by atoms with Crippen LogP contribution in [0.5, 0.6) is 5.75 Å². The van der Waals surface area contributed by atoms with Crippen molar-refractivity contribution in [3.8, 4) is 5.75 Å². The monoisotopic (exact) mass is 656 g/mol. The molecular formula is C30H37N6O9P. The number of carbonyl (C=O) groups is 1. The number of benzene rings is 2. The number of esters is 1. The Morgan fingerprint density at radius 2 is 2.00 bits per heavy atom. The van der Waals surface area contributed by atoms with Crippen LogP contribution in [0.25, 0.3) is 10.8 Å². The van der Waals surface area contributed by atoms with Crippen molar-refractivity contribution in [2.45, 2.75) is 75.4 Å². The maximum atomic E-state index is 14.4. The minimum atomic E-state index is -4.25. The standard InChI is InChI=1S/C30H37N6O9P/c1-17(26(38)40-3)35-46(39,44-20-12-8-10-18-9-4-5-11-19(18)20)41-15-21-23-29(2,45-30(43-23)13-6-7-14-30)27(42-21)36-16-32-22-24(36)33-28(31)34-25(22)37/h4-5,8-12,17,21,23,27,32H,6-7,13-16H2,1-3H3,(H,35,39)(H3,31,33,34,37)/t17-,21+,23?,27+,29?,46?/m0/s1. The van der Waals surface area contributed by atoms with E-state index in [1.807, 2.05) is 37.3 Å². The van der Waals surface area contributed by atoms with Crippen molar-refractivity contribution in [3.63, 3.8) is 0 Å². The minimum Gasteiger partial charge on any atom is -0.468 e. The van der Waals surface area contributed by atoms with Gasteiger partial charge in [-0.1, -0.05) is 36.4 Å². The molecule has 46 heavy (non-hydrogen) atoms. The van der Waals surface area contributed by atoms with Gasteiger partial charge in [0.1, 0.15) is 35.3 Å². The Labute approximate surface area is 264 Å². The highest BCUT2D eigenvalue weighted by molar-refractivity contribution is 7.52. The molecule has 7 rings (SSSR count). The Morgan fingerprint density at radius 1 is 1.24 bits per heavy atom. The predicted octanol–water partition coefficient (Wildman–Crippen LogP) is 3.22. The van der Waals surface area contributed by atoms with Gasteiger partial charge in [-0.15, -0.1) is 0 Å². The van der Waals surface area contributed by atoms with E-state index in [1.54, 1.807) is 17.0 Å². The van der Waals surface area contributed by atoms with Gasteiger partial charge in [0.05, 0.1) is 20.4 Å². The number of nitrogens with two attached hydrogens (primary N) is 1. The van der Waals surface area contributed by atoms with Gasteiger partial charge in [-0.2, -0.15) is 10.1 Å². The van der Waals surface area contributed by atoms with Crippen molar-refractivity contribution in [2.75, 3.05) is 36.3 Å². The van der Waals surface area contributed by atoms with Crippen molar-refractivity contribution in [1.82, 2.24) is 15.1 Å². The zero-order valence-electron chi connectivity index (χ0n) is 25.7. The average Bonchev–Trinajstić information content (AvgIpc) is 3.78. The number of aromatic nitrogens is 2. The van der Waals surface area contributed by atoms with Crippen molar-refractivity contribution in [1.29, 1.82) is 0 Å². The van der Waals surface area contributed by atoms with E-state index in [0.717, 1.165) is 18.2 Å². The quantitative estimate of drug-likeness (QED) is 0.194. The van der Waals surface area contributed by atoms with Crippen LogP contribution in [-0.2, 0) is 32.8 Å². The van der Waals surface area contributed by atoms with Gasteiger partial charge in [0.25, 0.3) is 5.56 Å². The van der Waals surface area contributed by atoms with E-state index >= 15 is 0 Å². The lowest BCUT2D eigenvalue weighted by atomic mass is 9.96. The first-order chi connectivity index (χ1) is 22.0. The summed E-state index contributed by atoms with van der Waals surface area (Å²) in [5.74, 6) is -0.864. The first-order valence-electron chi connectivity index (χ1n) is 15.2. The molecule has 16 heteroatoms. The molecule has 3 aromatic rings. The summed E-state index contributed by atoms with van der Waals surface area (Å²) in [6.07, 6.45) is 1.08. The van der Waals surface area contributed by atoms with Crippen LogP contribution in [0, 0.1) is 0 Å². The molecule has 15 nitrogen and oxygen atoms in total. The van der Waals surface area contributed by atoms with Crippen molar-refractivity contribution < 1.29 is 37.4 Å². The van der Waals surface area contributed by atoms with Crippen molar-refractivity contribution in [2.24, 2.45) is 0 Å². The summed E-state index contributed by atoms with van der Waals surface area (Å²) in [6.45, 7) is 3.35. The van der Waals surface area contributed by atoms with E-state index in [2.05, 4.69) is 20.4 Å². The Bertz CT molecular complexity index is 1760. The fraction of sp³-hybridized carbons (Fsp3) is 0.500. The van der Waals surface area contributed by atoms with Gasteiger partial charge < -0.3 is 39.4 Å². The van der Waals surface area contributed by atoms with Gasteiger partial charge in [-0.25, -0.2) is 4.57 Å². The second kappa shape index (κ2) is 11.5. The van der Waals surface area contributed by atoms with Gasteiger partial charge in [0.2, 0.25) is 5.95 Å². The van der Waals surface area contributed by atoms with E-state index in [-0.39, 0.29) is 24.9 Å². The Morgan fingerprint density at radius 3 is 2.78 bits per heavy atom. The Balaban J connectivity index is 1.20. The number of methoxy groups -OCH3 is 1. The van der Waals surface area contributed by atoms with Crippen LogP contribution in [0.1, 0.15) is 39.5 Å². The summed E-state index contributed by atoms with van der Waals surface area (Å²) in [5, 5.41) is 7.37. The number of nitrogen functional groups attached to an aromatic ring is 1. The first-order valence-corrected chi connectivity index (χ1v) is 16.8. The van der Waals surface area contributed by atoms with Crippen LogP contribution >= 0.6 is 7.75 Å². The Hall–Kier alpha value is -3.72. The molecule has 2 aromatic carbocycles. The maximum Gasteiger partial charge on any atom is 0.459 e. The lowest BCUT2D eigenvalue weighted by Gasteiger charge is -2.36. The fourth-order valence-electron chi connectivity index (χ4n) is 6.89. The molecule has 3 fully saturated rings. The number of H-pyrrole nitrogens is 1. The molecule has 5 N–H and O–H groups in total.